The Kier molecular flexibility index (Phi) is 5.29. The molecule has 1 aliphatic heterocycles. The fourth-order valence-corrected chi connectivity index (χ4v) is 3.86. The second-order valence-electron chi connectivity index (χ2n) is 6.04. The van der Waals surface area contributed by atoms with Gasteiger partial charge in [0.2, 0.25) is 0 Å². The third kappa shape index (κ3) is 3.59. The van der Waals surface area contributed by atoms with Gasteiger partial charge in [-0.3, -0.25) is 4.90 Å². The van der Waals surface area contributed by atoms with E-state index in [9.17, 15) is 21.6 Å². The third-order valence-electron chi connectivity index (χ3n) is 4.24. The largest absolute Gasteiger partial charge is 0.501 e. The summed E-state index contributed by atoms with van der Waals surface area (Å²) < 4.78 is 61.4. The van der Waals surface area contributed by atoms with E-state index >= 15 is 0 Å². The number of rotatable bonds is 4. The molecule has 0 aromatic heterocycles. The molecule has 0 aliphatic carbocycles. The van der Waals surface area contributed by atoms with Gasteiger partial charge in [-0.2, -0.15) is 13.2 Å². The molecule has 1 aromatic carbocycles. The Hall–Kier alpha value is -1.54. The highest BCUT2D eigenvalue weighted by molar-refractivity contribution is 7.92. The Morgan fingerprint density at radius 2 is 1.83 bits per heavy atom. The van der Waals surface area contributed by atoms with Crippen LogP contribution in [0, 0.1) is 0 Å². The van der Waals surface area contributed by atoms with E-state index in [2.05, 4.69) is 11.5 Å². The SMILES string of the molecule is C=CCN1C(C)CN(c2cccc(S(=O)(=O)C(F)(F)F)c2)CC1C. The van der Waals surface area contributed by atoms with Crippen molar-refractivity contribution in [3.63, 3.8) is 0 Å². The summed E-state index contributed by atoms with van der Waals surface area (Å²) >= 11 is 0. The van der Waals surface area contributed by atoms with Gasteiger partial charge in [0, 0.05) is 37.4 Å². The first-order valence-corrected chi connectivity index (χ1v) is 9.09. The van der Waals surface area contributed by atoms with E-state index in [1.807, 2.05) is 24.8 Å². The molecule has 1 aromatic rings. The van der Waals surface area contributed by atoms with Crippen molar-refractivity contribution in [2.75, 3.05) is 24.5 Å². The van der Waals surface area contributed by atoms with Crippen molar-refractivity contribution >= 4 is 15.5 Å². The molecule has 1 saturated heterocycles. The highest BCUT2D eigenvalue weighted by atomic mass is 32.2. The monoisotopic (exact) mass is 362 g/mol. The topological polar surface area (TPSA) is 40.6 Å². The second-order valence-corrected chi connectivity index (χ2v) is 7.98. The van der Waals surface area contributed by atoms with E-state index in [0.717, 1.165) is 18.7 Å². The van der Waals surface area contributed by atoms with Crippen LogP contribution in [0.5, 0.6) is 0 Å². The quantitative estimate of drug-likeness (QED) is 0.772. The van der Waals surface area contributed by atoms with Gasteiger partial charge in [0.25, 0.3) is 9.84 Å². The fraction of sp³-hybridized carbons (Fsp3) is 0.500. The van der Waals surface area contributed by atoms with E-state index in [1.165, 1.54) is 6.07 Å². The van der Waals surface area contributed by atoms with E-state index < -0.39 is 20.2 Å². The lowest BCUT2D eigenvalue weighted by atomic mass is 10.1. The number of hydrogen-bond donors (Lipinski definition) is 0. The summed E-state index contributed by atoms with van der Waals surface area (Å²) in [5.41, 5.74) is -4.81. The highest BCUT2D eigenvalue weighted by Crippen LogP contribution is 2.32. The van der Waals surface area contributed by atoms with Gasteiger partial charge in [-0.05, 0) is 32.0 Å². The molecule has 8 heteroatoms. The van der Waals surface area contributed by atoms with Crippen LogP contribution >= 0.6 is 0 Å². The number of alkyl halides is 3. The molecule has 0 amide bonds. The average molecular weight is 362 g/mol. The van der Waals surface area contributed by atoms with Crippen molar-refractivity contribution in [1.29, 1.82) is 0 Å². The first-order valence-electron chi connectivity index (χ1n) is 7.61. The number of sulfone groups is 1. The van der Waals surface area contributed by atoms with E-state index in [0.29, 0.717) is 18.8 Å². The molecule has 4 nitrogen and oxygen atoms in total. The molecular weight excluding hydrogens is 341 g/mol. The molecule has 2 unspecified atom stereocenters. The first-order chi connectivity index (χ1) is 11.1. The van der Waals surface area contributed by atoms with Crippen LogP contribution in [0.3, 0.4) is 0 Å². The molecule has 1 fully saturated rings. The van der Waals surface area contributed by atoms with Crippen molar-refractivity contribution in [3.05, 3.63) is 36.9 Å². The van der Waals surface area contributed by atoms with Crippen molar-refractivity contribution < 1.29 is 21.6 Å². The van der Waals surface area contributed by atoms with Crippen LogP contribution in [0.15, 0.2) is 41.8 Å². The Labute approximate surface area is 140 Å². The van der Waals surface area contributed by atoms with Crippen molar-refractivity contribution in [2.24, 2.45) is 0 Å². The molecule has 0 bridgehead atoms. The highest BCUT2D eigenvalue weighted by Gasteiger charge is 2.47. The standard InChI is InChI=1S/C16H21F3N2O2S/c1-4-8-21-12(2)10-20(11-13(21)3)14-6-5-7-15(9-14)24(22,23)16(17,18)19/h4-7,9,12-13H,1,8,10-11H2,2-3H3. The van der Waals surface area contributed by atoms with Crippen LogP contribution in [0.2, 0.25) is 0 Å². The minimum absolute atomic E-state index is 0.176. The summed E-state index contributed by atoms with van der Waals surface area (Å²) in [5, 5.41) is 0. The summed E-state index contributed by atoms with van der Waals surface area (Å²) in [4.78, 5) is 3.45. The molecule has 134 valence electrons. The summed E-state index contributed by atoms with van der Waals surface area (Å²) in [6.07, 6.45) is 1.82. The number of hydrogen-bond acceptors (Lipinski definition) is 4. The zero-order valence-electron chi connectivity index (χ0n) is 13.6. The zero-order chi connectivity index (χ0) is 18.1. The molecule has 1 heterocycles. The van der Waals surface area contributed by atoms with Gasteiger partial charge >= 0.3 is 5.51 Å². The summed E-state index contributed by atoms with van der Waals surface area (Å²) in [7, 11) is -5.33. The van der Waals surface area contributed by atoms with Crippen molar-refractivity contribution in [2.45, 2.75) is 36.3 Å². The summed E-state index contributed by atoms with van der Waals surface area (Å²) in [5.74, 6) is 0. The van der Waals surface area contributed by atoms with Crippen LogP contribution in [0.25, 0.3) is 0 Å². The lowest BCUT2D eigenvalue weighted by molar-refractivity contribution is -0.0436. The number of halogens is 3. The predicted molar refractivity (Wildman–Crippen MR) is 87.7 cm³/mol. The Morgan fingerprint density at radius 1 is 1.25 bits per heavy atom. The molecule has 24 heavy (non-hydrogen) atoms. The van der Waals surface area contributed by atoms with Crippen LogP contribution in [-0.2, 0) is 9.84 Å². The number of benzene rings is 1. The Morgan fingerprint density at radius 3 is 2.33 bits per heavy atom. The van der Waals surface area contributed by atoms with E-state index in [-0.39, 0.29) is 12.1 Å². The molecule has 0 spiro atoms. The van der Waals surface area contributed by atoms with Gasteiger partial charge < -0.3 is 4.90 Å². The maximum atomic E-state index is 12.7. The Bertz CT molecular complexity index is 692. The van der Waals surface area contributed by atoms with Gasteiger partial charge in [-0.15, -0.1) is 6.58 Å². The third-order valence-corrected chi connectivity index (χ3v) is 5.72. The van der Waals surface area contributed by atoms with E-state index in [4.69, 9.17) is 0 Å². The molecule has 0 radical (unpaired) electrons. The van der Waals surface area contributed by atoms with Gasteiger partial charge in [0.1, 0.15) is 0 Å². The smallest absolute Gasteiger partial charge is 0.368 e. The predicted octanol–water partition coefficient (Wildman–Crippen LogP) is 3.07. The first kappa shape index (κ1) is 18.8. The van der Waals surface area contributed by atoms with Gasteiger partial charge in [-0.25, -0.2) is 8.42 Å². The second kappa shape index (κ2) is 6.76. The zero-order valence-corrected chi connectivity index (χ0v) is 14.4. The Balaban J connectivity index is 2.29. The normalized spacial score (nSPS) is 23.3. The lowest BCUT2D eigenvalue weighted by Crippen LogP contribution is -2.56. The van der Waals surface area contributed by atoms with Crippen molar-refractivity contribution in [3.8, 4) is 0 Å². The van der Waals surface area contributed by atoms with Gasteiger partial charge in [0.05, 0.1) is 4.90 Å². The van der Waals surface area contributed by atoms with Gasteiger partial charge in [0.15, 0.2) is 0 Å². The maximum Gasteiger partial charge on any atom is 0.501 e. The number of anilines is 1. The van der Waals surface area contributed by atoms with Crippen molar-refractivity contribution in [1.82, 2.24) is 4.90 Å². The fourth-order valence-electron chi connectivity index (χ4n) is 3.06. The van der Waals surface area contributed by atoms with E-state index in [1.54, 1.807) is 6.07 Å². The minimum Gasteiger partial charge on any atom is -0.368 e. The molecule has 2 atom stereocenters. The molecule has 0 saturated carbocycles. The van der Waals surface area contributed by atoms with Gasteiger partial charge in [-0.1, -0.05) is 12.1 Å². The molecule has 1 aliphatic rings. The molecule has 2 rings (SSSR count). The average Bonchev–Trinajstić information content (AvgIpc) is 2.49. The van der Waals surface area contributed by atoms with Crippen LogP contribution < -0.4 is 4.90 Å². The lowest BCUT2D eigenvalue weighted by Gasteiger charge is -2.45. The van der Waals surface area contributed by atoms with Crippen LogP contribution in [0.4, 0.5) is 18.9 Å². The number of piperazine rings is 1. The number of nitrogens with zero attached hydrogens (tertiary/aromatic N) is 2. The molecule has 0 N–H and O–H groups in total. The summed E-state index contributed by atoms with van der Waals surface area (Å²) in [6.45, 7) is 9.74. The maximum absolute atomic E-state index is 12.7. The van der Waals surface area contributed by atoms with Crippen LogP contribution in [0.1, 0.15) is 13.8 Å². The summed E-state index contributed by atoms with van der Waals surface area (Å²) in [6, 6.07) is 5.42. The molecular formula is C16H21F3N2O2S. The minimum atomic E-state index is -5.33. The van der Waals surface area contributed by atoms with Crippen LogP contribution in [-0.4, -0.2) is 50.5 Å².